The van der Waals surface area contributed by atoms with Crippen molar-refractivity contribution in [1.82, 2.24) is 0 Å². The lowest BCUT2D eigenvalue weighted by molar-refractivity contribution is -0.141. The van der Waals surface area contributed by atoms with Crippen molar-refractivity contribution in [3.05, 3.63) is 64.7 Å². The molecule has 0 atom stereocenters. The molecule has 0 aliphatic carbocycles. The Balaban J connectivity index is 1.69. The third-order valence-corrected chi connectivity index (χ3v) is 4.28. The molecule has 0 fully saturated rings. The number of anilines is 1. The van der Waals surface area contributed by atoms with Crippen molar-refractivity contribution in [3.8, 4) is 0 Å². The van der Waals surface area contributed by atoms with Gasteiger partial charge in [0.1, 0.15) is 18.2 Å². The Morgan fingerprint density at radius 2 is 1.80 bits per heavy atom. The van der Waals surface area contributed by atoms with Crippen molar-refractivity contribution in [2.75, 3.05) is 16.8 Å². The zero-order valence-corrected chi connectivity index (χ0v) is 14.5. The summed E-state index contributed by atoms with van der Waals surface area (Å²) in [5, 5.41) is 2.75. The van der Waals surface area contributed by atoms with Gasteiger partial charge in [0.15, 0.2) is 0 Å². The molecule has 0 unspecified atom stereocenters. The van der Waals surface area contributed by atoms with Gasteiger partial charge in [0.05, 0.1) is 16.5 Å². The first-order chi connectivity index (χ1) is 12.0. The predicted octanol–water partition coefficient (Wildman–Crippen LogP) is 4.03. The van der Waals surface area contributed by atoms with Crippen LogP contribution in [0.2, 0.25) is 5.02 Å². The number of rotatable bonds is 7. The van der Waals surface area contributed by atoms with Gasteiger partial charge < -0.3 is 10.1 Å². The molecular weight excluding hydrogens is 372 g/mol. The Hall–Kier alpha value is -2.12. The standard InChI is InChI=1S/C17H14ClF2NO3S/c18-14-2-1-3-15(20)13(14)8-24-17(23)10-25-9-16(22)21-12-6-4-11(19)5-7-12/h1-7H,8-10H2,(H,21,22). The van der Waals surface area contributed by atoms with Crippen LogP contribution >= 0.6 is 23.4 Å². The molecule has 2 aromatic carbocycles. The molecule has 1 N–H and O–H groups in total. The number of thioether (sulfide) groups is 1. The fourth-order valence-electron chi connectivity index (χ4n) is 1.82. The lowest BCUT2D eigenvalue weighted by Gasteiger charge is -2.08. The van der Waals surface area contributed by atoms with E-state index in [4.69, 9.17) is 16.3 Å². The van der Waals surface area contributed by atoms with Crippen LogP contribution in [0.5, 0.6) is 0 Å². The molecule has 0 aliphatic rings. The van der Waals surface area contributed by atoms with Gasteiger partial charge in [-0.1, -0.05) is 17.7 Å². The van der Waals surface area contributed by atoms with E-state index in [0.717, 1.165) is 11.8 Å². The number of amides is 1. The highest BCUT2D eigenvalue weighted by Gasteiger charge is 2.11. The highest BCUT2D eigenvalue weighted by molar-refractivity contribution is 8.00. The van der Waals surface area contributed by atoms with E-state index < -0.39 is 17.6 Å². The molecular formula is C17H14ClF2NO3S. The van der Waals surface area contributed by atoms with Gasteiger partial charge in [-0.3, -0.25) is 9.59 Å². The molecule has 0 radical (unpaired) electrons. The summed E-state index contributed by atoms with van der Waals surface area (Å²) in [5.74, 6) is -1.91. The molecule has 2 aromatic rings. The topological polar surface area (TPSA) is 55.4 Å². The highest BCUT2D eigenvalue weighted by atomic mass is 35.5. The third kappa shape index (κ3) is 6.36. The second kappa shape index (κ2) is 9.39. The van der Waals surface area contributed by atoms with Crippen LogP contribution in [0.3, 0.4) is 0 Å². The Morgan fingerprint density at radius 3 is 2.48 bits per heavy atom. The van der Waals surface area contributed by atoms with E-state index in [1.807, 2.05) is 0 Å². The summed E-state index contributed by atoms with van der Waals surface area (Å²) in [6.07, 6.45) is 0. The predicted molar refractivity (Wildman–Crippen MR) is 93.6 cm³/mol. The molecule has 8 heteroatoms. The molecule has 0 aromatic heterocycles. The molecule has 0 saturated heterocycles. The fourth-order valence-corrected chi connectivity index (χ4v) is 2.65. The van der Waals surface area contributed by atoms with E-state index in [1.54, 1.807) is 0 Å². The summed E-state index contributed by atoms with van der Waals surface area (Å²) in [7, 11) is 0. The zero-order valence-electron chi connectivity index (χ0n) is 12.9. The van der Waals surface area contributed by atoms with Crippen molar-refractivity contribution in [2.24, 2.45) is 0 Å². The minimum Gasteiger partial charge on any atom is -0.460 e. The lowest BCUT2D eigenvalue weighted by atomic mass is 10.2. The first-order valence-electron chi connectivity index (χ1n) is 7.17. The molecule has 1 amide bonds. The zero-order chi connectivity index (χ0) is 18.2. The van der Waals surface area contributed by atoms with Gasteiger partial charge >= 0.3 is 5.97 Å². The van der Waals surface area contributed by atoms with Crippen molar-refractivity contribution >= 4 is 40.9 Å². The number of carbonyl (C=O) groups is 2. The van der Waals surface area contributed by atoms with Gasteiger partial charge in [0.25, 0.3) is 0 Å². The van der Waals surface area contributed by atoms with Crippen LogP contribution in [0.1, 0.15) is 5.56 Å². The Labute approximate surface area is 152 Å². The molecule has 2 rings (SSSR count). The second-order valence-electron chi connectivity index (χ2n) is 4.91. The minimum absolute atomic E-state index is 0.0208. The van der Waals surface area contributed by atoms with Crippen LogP contribution in [0.15, 0.2) is 42.5 Å². The van der Waals surface area contributed by atoms with E-state index in [2.05, 4.69) is 5.32 Å². The Bertz CT molecular complexity index is 736. The maximum atomic E-state index is 13.5. The number of halogens is 3. The van der Waals surface area contributed by atoms with Gasteiger partial charge in [-0.05, 0) is 36.4 Å². The quantitative estimate of drug-likeness (QED) is 0.731. The summed E-state index contributed by atoms with van der Waals surface area (Å²) < 4.78 is 31.2. The van der Waals surface area contributed by atoms with Crippen molar-refractivity contribution < 1.29 is 23.1 Å². The average molecular weight is 386 g/mol. The molecule has 0 spiro atoms. The molecule has 0 heterocycles. The molecule has 4 nitrogen and oxygen atoms in total. The molecule has 25 heavy (non-hydrogen) atoms. The van der Waals surface area contributed by atoms with Crippen LogP contribution in [-0.4, -0.2) is 23.4 Å². The monoisotopic (exact) mass is 385 g/mol. The van der Waals surface area contributed by atoms with Gasteiger partial charge in [-0.15, -0.1) is 11.8 Å². The number of esters is 1. The summed E-state index contributed by atoms with van der Waals surface area (Å²) in [6, 6.07) is 9.51. The van der Waals surface area contributed by atoms with Gasteiger partial charge in [-0.2, -0.15) is 0 Å². The largest absolute Gasteiger partial charge is 0.460 e. The number of hydrogen-bond donors (Lipinski definition) is 1. The van der Waals surface area contributed by atoms with E-state index in [0.29, 0.717) is 5.69 Å². The van der Waals surface area contributed by atoms with Crippen molar-refractivity contribution in [1.29, 1.82) is 0 Å². The summed E-state index contributed by atoms with van der Waals surface area (Å²) >= 11 is 6.88. The SMILES string of the molecule is O=C(CSCC(=O)OCc1c(F)cccc1Cl)Nc1ccc(F)cc1. The van der Waals surface area contributed by atoms with E-state index in [-0.39, 0.29) is 34.6 Å². The van der Waals surface area contributed by atoms with Crippen molar-refractivity contribution in [3.63, 3.8) is 0 Å². The maximum Gasteiger partial charge on any atom is 0.316 e. The smallest absolute Gasteiger partial charge is 0.316 e. The number of ether oxygens (including phenoxy) is 1. The van der Waals surface area contributed by atoms with Gasteiger partial charge in [0, 0.05) is 11.3 Å². The van der Waals surface area contributed by atoms with Crippen molar-refractivity contribution in [2.45, 2.75) is 6.61 Å². The summed E-state index contributed by atoms with van der Waals surface area (Å²) in [4.78, 5) is 23.3. The number of hydrogen-bond acceptors (Lipinski definition) is 4. The van der Waals surface area contributed by atoms with E-state index >= 15 is 0 Å². The highest BCUT2D eigenvalue weighted by Crippen LogP contribution is 2.20. The van der Waals surface area contributed by atoms with Gasteiger partial charge in [0.2, 0.25) is 5.91 Å². The van der Waals surface area contributed by atoms with Crippen LogP contribution < -0.4 is 5.32 Å². The normalized spacial score (nSPS) is 10.4. The minimum atomic E-state index is -0.584. The lowest BCUT2D eigenvalue weighted by Crippen LogP contribution is -2.16. The van der Waals surface area contributed by atoms with E-state index in [9.17, 15) is 18.4 Å². The van der Waals surface area contributed by atoms with Crippen LogP contribution in [-0.2, 0) is 20.9 Å². The van der Waals surface area contributed by atoms with Crippen LogP contribution in [0.25, 0.3) is 0 Å². The molecule has 0 aliphatic heterocycles. The maximum absolute atomic E-state index is 13.5. The van der Waals surface area contributed by atoms with Gasteiger partial charge in [-0.25, -0.2) is 8.78 Å². The summed E-state index contributed by atoms with van der Waals surface area (Å²) in [5.41, 5.74) is 0.570. The van der Waals surface area contributed by atoms with E-state index in [1.165, 1.54) is 42.5 Å². The average Bonchev–Trinajstić information content (AvgIpc) is 2.56. The second-order valence-corrected chi connectivity index (χ2v) is 6.30. The van der Waals surface area contributed by atoms with Crippen LogP contribution in [0, 0.1) is 11.6 Å². The molecule has 132 valence electrons. The first-order valence-corrected chi connectivity index (χ1v) is 8.70. The Morgan fingerprint density at radius 1 is 1.08 bits per heavy atom. The third-order valence-electron chi connectivity index (χ3n) is 3.02. The fraction of sp³-hybridized carbons (Fsp3) is 0.176. The Kier molecular flexibility index (Phi) is 7.21. The number of benzene rings is 2. The number of carbonyl (C=O) groups excluding carboxylic acids is 2. The summed E-state index contributed by atoms with van der Waals surface area (Å²) in [6.45, 7) is -0.271. The van der Waals surface area contributed by atoms with Crippen LogP contribution in [0.4, 0.5) is 14.5 Å². The number of nitrogens with one attached hydrogen (secondary N) is 1. The molecule has 0 bridgehead atoms. The first kappa shape index (κ1) is 19.2. The molecule has 0 saturated carbocycles.